The summed E-state index contributed by atoms with van der Waals surface area (Å²) in [6, 6.07) is 6.22. The molecule has 2 aliphatic rings. The Kier molecular flexibility index (Phi) is 6.81. The Morgan fingerprint density at radius 2 is 1.87 bits per heavy atom. The average Bonchev–Trinajstić information content (AvgIpc) is 3.29. The molecule has 4 heterocycles. The summed E-state index contributed by atoms with van der Waals surface area (Å²) >= 11 is 0. The van der Waals surface area contributed by atoms with Crippen molar-refractivity contribution in [3.05, 3.63) is 41.9 Å². The topological polar surface area (TPSA) is 76.3 Å². The number of guanidine groups is 1. The van der Waals surface area contributed by atoms with E-state index in [1.54, 1.807) is 6.26 Å². The minimum atomic E-state index is 0.724. The van der Waals surface area contributed by atoms with Gasteiger partial charge in [-0.1, -0.05) is 11.2 Å². The Morgan fingerprint density at radius 3 is 2.50 bits per heavy atom. The van der Waals surface area contributed by atoms with E-state index in [1.807, 2.05) is 19.3 Å². The highest BCUT2D eigenvalue weighted by atomic mass is 16.5. The number of aliphatic imine (C=N–C) groups is 1. The second-order valence-electron chi connectivity index (χ2n) is 7.97. The lowest BCUT2D eigenvalue weighted by molar-refractivity contribution is 0.169. The first-order valence-corrected chi connectivity index (χ1v) is 10.7. The Labute approximate surface area is 178 Å². The second kappa shape index (κ2) is 9.90. The normalized spacial score (nSPS) is 19.3. The lowest BCUT2D eigenvalue weighted by Crippen LogP contribution is -2.52. The molecule has 1 N–H and O–H groups in total. The van der Waals surface area contributed by atoms with Crippen LogP contribution >= 0.6 is 0 Å². The SMILES string of the molecule is CN=C(NCc1ccc(N2CCN(C)CC2)nc1)N1CCN(Cc2ccon2)CC1. The molecule has 2 aromatic rings. The molecule has 0 amide bonds. The van der Waals surface area contributed by atoms with Crippen LogP contribution in [0.4, 0.5) is 5.82 Å². The summed E-state index contributed by atoms with van der Waals surface area (Å²) < 4.78 is 4.93. The standard InChI is InChI=1S/C21H32N8O/c1-22-21(29-12-8-27(9-13-29)17-19-5-14-30-25-19)24-16-18-3-4-20(23-15-18)28-10-6-26(2)7-11-28/h3-5,14-15H,6-13,16-17H2,1-2H3,(H,22,24). The lowest BCUT2D eigenvalue weighted by Gasteiger charge is -2.36. The van der Waals surface area contributed by atoms with E-state index in [0.717, 1.165) is 82.9 Å². The Morgan fingerprint density at radius 1 is 1.07 bits per heavy atom. The van der Waals surface area contributed by atoms with Gasteiger partial charge in [0, 0.05) is 84.8 Å². The monoisotopic (exact) mass is 412 g/mol. The predicted octanol–water partition coefficient (Wildman–Crippen LogP) is 0.715. The highest BCUT2D eigenvalue weighted by Crippen LogP contribution is 2.14. The Balaban J connectivity index is 1.23. The number of hydrogen-bond donors (Lipinski definition) is 1. The van der Waals surface area contributed by atoms with Crippen LogP contribution in [0.5, 0.6) is 0 Å². The van der Waals surface area contributed by atoms with Crippen molar-refractivity contribution < 1.29 is 4.52 Å². The third kappa shape index (κ3) is 5.28. The molecule has 0 saturated carbocycles. The van der Waals surface area contributed by atoms with Gasteiger partial charge in [0.2, 0.25) is 0 Å². The van der Waals surface area contributed by atoms with Crippen LogP contribution in [-0.4, -0.2) is 97.3 Å². The van der Waals surface area contributed by atoms with Gasteiger partial charge in [-0.2, -0.15) is 0 Å². The zero-order chi connectivity index (χ0) is 20.8. The maximum Gasteiger partial charge on any atom is 0.194 e. The predicted molar refractivity (Wildman–Crippen MR) is 117 cm³/mol. The van der Waals surface area contributed by atoms with E-state index in [9.17, 15) is 0 Å². The lowest BCUT2D eigenvalue weighted by atomic mass is 10.2. The summed E-state index contributed by atoms with van der Waals surface area (Å²) in [5.41, 5.74) is 2.15. The van der Waals surface area contributed by atoms with E-state index < -0.39 is 0 Å². The molecule has 2 fully saturated rings. The van der Waals surface area contributed by atoms with Crippen molar-refractivity contribution in [3.63, 3.8) is 0 Å². The van der Waals surface area contributed by atoms with Crippen LogP contribution in [0, 0.1) is 0 Å². The minimum Gasteiger partial charge on any atom is -0.364 e. The molecule has 0 aromatic carbocycles. The van der Waals surface area contributed by atoms with Gasteiger partial charge in [0.05, 0.1) is 5.69 Å². The molecule has 2 aliphatic heterocycles. The number of anilines is 1. The number of aromatic nitrogens is 2. The van der Waals surface area contributed by atoms with E-state index in [0.29, 0.717) is 0 Å². The number of hydrogen-bond acceptors (Lipinski definition) is 7. The van der Waals surface area contributed by atoms with Gasteiger partial charge < -0.3 is 24.5 Å². The number of likely N-dealkylation sites (N-methyl/N-ethyl adjacent to an activating group) is 1. The fraction of sp³-hybridized carbons (Fsp3) is 0.571. The largest absolute Gasteiger partial charge is 0.364 e. The Bertz CT molecular complexity index is 791. The van der Waals surface area contributed by atoms with Crippen molar-refractivity contribution in [2.45, 2.75) is 13.1 Å². The fourth-order valence-corrected chi connectivity index (χ4v) is 3.92. The Hall–Kier alpha value is -2.65. The summed E-state index contributed by atoms with van der Waals surface area (Å²) in [5, 5.41) is 7.50. The number of nitrogens with one attached hydrogen (secondary N) is 1. The first-order chi connectivity index (χ1) is 14.7. The fourth-order valence-electron chi connectivity index (χ4n) is 3.92. The van der Waals surface area contributed by atoms with Gasteiger partial charge in [-0.25, -0.2) is 4.98 Å². The van der Waals surface area contributed by atoms with Gasteiger partial charge in [0.15, 0.2) is 5.96 Å². The quantitative estimate of drug-likeness (QED) is 0.569. The van der Waals surface area contributed by atoms with Crippen molar-refractivity contribution in [3.8, 4) is 0 Å². The van der Waals surface area contributed by atoms with Crippen LogP contribution in [0.3, 0.4) is 0 Å². The van der Waals surface area contributed by atoms with E-state index in [-0.39, 0.29) is 0 Å². The van der Waals surface area contributed by atoms with Crippen molar-refractivity contribution in [1.29, 1.82) is 0 Å². The van der Waals surface area contributed by atoms with Gasteiger partial charge in [0.25, 0.3) is 0 Å². The first kappa shape index (κ1) is 20.6. The number of piperazine rings is 2. The third-order valence-corrected chi connectivity index (χ3v) is 5.85. The molecular formula is C21H32N8O. The second-order valence-corrected chi connectivity index (χ2v) is 7.97. The summed E-state index contributed by atoms with van der Waals surface area (Å²) in [4.78, 5) is 18.6. The number of nitrogens with zero attached hydrogens (tertiary/aromatic N) is 7. The molecule has 30 heavy (non-hydrogen) atoms. The minimum absolute atomic E-state index is 0.724. The summed E-state index contributed by atoms with van der Waals surface area (Å²) in [6.07, 6.45) is 3.60. The van der Waals surface area contributed by atoms with Crippen LogP contribution in [0.2, 0.25) is 0 Å². The highest BCUT2D eigenvalue weighted by Gasteiger charge is 2.20. The molecule has 9 heteroatoms. The zero-order valence-corrected chi connectivity index (χ0v) is 18.0. The molecule has 0 bridgehead atoms. The van der Waals surface area contributed by atoms with E-state index >= 15 is 0 Å². The molecule has 0 spiro atoms. The van der Waals surface area contributed by atoms with Gasteiger partial charge in [-0.15, -0.1) is 0 Å². The van der Waals surface area contributed by atoms with Crippen molar-refractivity contribution in [2.75, 3.05) is 71.4 Å². The van der Waals surface area contributed by atoms with Gasteiger partial charge in [-0.3, -0.25) is 9.89 Å². The number of pyridine rings is 1. The zero-order valence-electron chi connectivity index (χ0n) is 18.0. The smallest absolute Gasteiger partial charge is 0.194 e. The highest BCUT2D eigenvalue weighted by molar-refractivity contribution is 5.80. The van der Waals surface area contributed by atoms with Gasteiger partial charge >= 0.3 is 0 Å². The van der Waals surface area contributed by atoms with Crippen LogP contribution in [0.25, 0.3) is 0 Å². The molecule has 2 aromatic heterocycles. The van der Waals surface area contributed by atoms with Gasteiger partial charge in [-0.05, 0) is 18.7 Å². The molecule has 0 aliphatic carbocycles. The van der Waals surface area contributed by atoms with Crippen LogP contribution in [0.1, 0.15) is 11.3 Å². The van der Waals surface area contributed by atoms with E-state index in [4.69, 9.17) is 4.52 Å². The molecule has 2 saturated heterocycles. The molecule has 162 valence electrons. The maximum atomic E-state index is 4.93. The average molecular weight is 413 g/mol. The van der Waals surface area contributed by atoms with Crippen LogP contribution in [0.15, 0.2) is 40.2 Å². The van der Waals surface area contributed by atoms with Crippen molar-refractivity contribution >= 4 is 11.8 Å². The summed E-state index contributed by atoms with van der Waals surface area (Å²) in [7, 11) is 4.02. The number of rotatable bonds is 5. The van der Waals surface area contributed by atoms with Gasteiger partial charge in [0.1, 0.15) is 12.1 Å². The van der Waals surface area contributed by atoms with Crippen molar-refractivity contribution in [2.24, 2.45) is 4.99 Å². The van der Waals surface area contributed by atoms with Crippen molar-refractivity contribution in [1.82, 2.24) is 30.2 Å². The summed E-state index contributed by atoms with van der Waals surface area (Å²) in [6.45, 7) is 9.66. The molecule has 0 unspecified atom stereocenters. The third-order valence-electron chi connectivity index (χ3n) is 5.85. The first-order valence-electron chi connectivity index (χ1n) is 10.7. The molecule has 9 nitrogen and oxygen atoms in total. The van der Waals surface area contributed by atoms with E-state index in [2.05, 4.69) is 59.2 Å². The molecule has 0 atom stereocenters. The molecule has 4 rings (SSSR count). The maximum absolute atomic E-state index is 4.93. The molecular weight excluding hydrogens is 380 g/mol. The van der Waals surface area contributed by atoms with Crippen LogP contribution < -0.4 is 10.2 Å². The van der Waals surface area contributed by atoms with Crippen LogP contribution in [-0.2, 0) is 13.1 Å². The molecule has 0 radical (unpaired) electrons. The summed E-state index contributed by atoms with van der Waals surface area (Å²) in [5.74, 6) is 2.01. The van der Waals surface area contributed by atoms with E-state index in [1.165, 1.54) is 5.56 Å².